The second kappa shape index (κ2) is 8.55. The van der Waals surface area contributed by atoms with E-state index in [9.17, 15) is 14.4 Å². The highest BCUT2D eigenvalue weighted by Crippen LogP contribution is 2.28. The highest BCUT2D eigenvalue weighted by atomic mass is 16.5. The van der Waals surface area contributed by atoms with E-state index < -0.39 is 17.9 Å². The summed E-state index contributed by atoms with van der Waals surface area (Å²) < 4.78 is 5.12. The maximum atomic E-state index is 13.3. The highest BCUT2D eigenvalue weighted by molar-refractivity contribution is 5.91. The number of nitrogens with zero attached hydrogens (tertiary/aromatic N) is 2. The van der Waals surface area contributed by atoms with E-state index in [1.807, 2.05) is 51.1 Å². The molecule has 0 radical (unpaired) electrons. The van der Waals surface area contributed by atoms with Crippen molar-refractivity contribution in [1.29, 1.82) is 0 Å². The van der Waals surface area contributed by atoms with Gasteiger partial charge in [0.1, 0.15) is 6.04 Å². The number of rotatable bonds is 6. The van der Waals surface area contributed by atoms with E-state index in [1.54, 1.807) is 18.7 Å². The van der Waals surface area contributed by atoms with Gasteiger partial charge >= 0.3 is 5.97 Å². The van der Waals surface area contributed by atoms with Crippen LogP contribution < -0.4 is 0 Å². The fraction of sp³-hybridized carbons (Fsp3) is 0.571. The molecule has 1 aromatic carbocycles. The van der Waals surface area contributed by atoms with Gasteiger partial charge in [-0.05, 0) is 40.2 Å². The van der Waals surface area contributed by atoms with Gasteiger partial charge < -0.3 is 14.5 Å². The van der Waals surface area contributed by atoms with Gasteiger partial charge in [0.2, 0.25) is 11.8 Å². The topological polar surface area (TPSA) is 66.9 Å². The van der Waals surface area contributed by atoms with Gasteiger partial charge in [0.05, 0.1) is 12.5 Å². The number of carbonyl (C=O) groups excluding carboxylic acids is 3. The molecule has 0 N–H and O–H groups in total. The average Bonchev–Trinajstić information content (AvgIpc) is 3.02. The van der Waals surface area contributed by atoms with Crippen LogP contribution >= 0.6 is 0 Å². The molecule has 1 saturated heterocycles. The Labute approximate surface area is 161 Å². The van der Waals surface area contributed by atoms with Gasteiger partial charge in [-0.1, -0.05) is 30.3 Å². The molecule has 1 aliphatic heterocycles. The molecule has 27 heavy (non-hydrogen) atoms. The Kier molecular flexibility index (Phi) is 6.63. The minimum atomic E-state index is -0.712. The fourth-order valence-electron chi connectivity index (χ4n) is 3.33. The second-order valence-electron chi connectivity index (χ2n) is 7.96. The number of benzene rings is 1. The molecule has 2 atom stereocenters. The molecule has 0 aliphatic carbocycles. The number of hydrogen-bond acceptors (Lipinski definition) is 4. The lowest BCUT2D eigenvalue weighted by Gasteiger charge is -2.33. The fourth-order valence-corrected chi connectivity index (χ4v) is 3.33. The Hall–Kier alpha value is -2.37. The predicted octanol–water partition coefficient (Wildman–Crippen LogP) is 2.61. The number of hydrogen-bond donors (Lipinski definition) is 0. The van der Waals surface area contributed by atoms with Crippen molar-refractivity contribution in [2.75, 3.05) is 13.2 Å². The monoisotopic (exact) mass is 374 g/mol. The van der Waals surface area contributed by atoms with Crippen molar-refractivity contribution in [2.24, 2.45) is 5.92 Å². The van der Waals surface area contributed by atoms with E-state index >= 15 is 0 Å². The molecule has 1 heterocycles. The van der Waals surface area contributed by atoms with Crippen molar-refractivity contribution in [1.82, 2.24) is 9.80 Å². The Morgan fingerprint density at radius 3 is 2.41 bits per heavy atom. The molecule has 1 aliphatic rings. The summed E-state index contributed by atoms with van der Waals surface area (Å²) in [6.45, 7) is 10.2. The quantitative estimate of drug-likeness (QED) is 0.718. The molecule has 1 aromatic rings. The molecule has 0 saturated carbocycles. The van der Waals surface area contributed by atoms with Crippen LogP contribution in [-0.2, 0) is 25.7 Å². The first kappa shape index (κ1) is 20.9. The van der Waals surface area contributed by atoms with Gasteiger partial charge in [0, 0.05) is 25.0 Å². The van der Waals surface area contributed by atoms with Gasteiger partial charge in [-0.3, -0.25) is 9.59 Å². The SMILES string of the molecule is CCOC(=O)C(C)N(Cc1ccccc1)C(=O)C1CC(=O)N(C(C)(C)C)C1. The largest absolute Gasteiger partial charge is 0.464 e. The van der Waals surface area contributed by atoms with E-state index in [0.717, 1.165) is 5.56 Å². The molecule has 2 unspecified atom stereocenters. The van der Waals surface area contributed by atoms with Gasteiger partial charge in [-0.15, -0.1) is 0 Å². The van der Waals surface area contributed by atoms with Gasteiger partial charge in [-0.25, -0.2) is 4.79 Å². The van der Waals surface area contributed by atoms with Crippen molar-refractivity contribution in [2.45, 2.75) is 59.2 Å². The first-order chi connectivity index (χ1) is 12.6. The summed E-state index contributed by atoms with van der Waals surface area (Å²) in [5.74, 6) is -1.08. The molecular formula is C21H30N2O4. The Bertz CT molecular complexity index is 681. The lowest BCUT2D eigenvalue weighted by molar-refractivity contribution is -0.156. The summed E-state index contributed by atoms with van der Waals surface area (Å²) in [6.07, 6.45) is 0.178. The Morgan fingerprint density at radius 1 is 1.26 bits per heavy atom. The first-order valence-corrected chi connectivity index (χ1v) is 9.46. The lowest BCUT2D eigenvalue weighted by atomic mass is 10.0. The van der Waals surface area contributed by atoms with E-state index in [2.05, 4.69) is 0 Å². The number of amides is 2. The third-order valence-electron chi connectivity index (χ3n) is 4.86. The van der Waals surface area contributed by atoms with Crippen LogP contribution in [0.25, 0.3) is 0 Å². The van der Waals surface area contributed by atoms with E-state index in [1.165, 1.54) is 4.90 Å². The minimum Gasteiger partial charge on any atom is -0.464 e. The van der Waals surface area contributed by atoms with Gasteiger partial charge in [-0.2, -0.15) is 0 Å². The van der Waals surface area contributed by atoms with Gasteiger partial charge in [0.25, 0.3) is 0 Å². The van der Waals surface area contributed by atoms with Crippen LogP contribution in [0.2, 0.25) is 0 Å². The smallest absolute Gasteiger partial charge is 0.328 e. The normalized spacial score (nSPS) is 18.3. The molecular weight excluding hydrogens is 344 g/mol. The summed E-state index contributed by atoms with van der Waals surface area (Å²) in [7, 11) is 0. The Morgan fingerprint density at radius 2 is 1.89 bits per heavy atom. The third-order valence-corrected chi connectivity index (χ3v) is 4.86. The number of likely N-dealkylation sites (tertiary alicyclic amines) is 1. The van der Waals surface area contributed by atoms with Crippen molar-refractivity contribution in [3.63, 3.8) is 0 Å². The summed E-state index contributed by atoms with van der Waals surface area (Å²) in [5.41, 5.74) is 0.599. The van der Waals surface area contributed by atoms with Gasteiger partial charge in [0.15, 0.2) is 0 Å². The predicted molar refractivity (Wildman–Crippen MR) is 103 cm³/mol. The third kappa shape index (κ3) is 5.08. The Balaban J connectivity index is 2.23. The minimum absolute atomic E-state index is 0.0238. The number of ether oxygens (including phenoxy) is 1. The van der Waals surface area contributed by atoms with Crippen molar-refractivity contribution in [3.05, 3.63) is 35.9 Å². The second-order valence-corrected chi connectivity index (χ2v) is 7.96. The maximum absolute atomic E-state index is 13.3. The zero-order valence-electron chi connectivity index (χ0n) is 16.9. The maximum Gasteiger partial charge on any atom is 0.328 e. The molecule has 148 valence electrons. The summed E-state index contributed by atoms with van der Waals surface area (Å²) in [5, 5.41) is 0. The summed E-state index contributed by atoms with van der Waals surface area (Å²) in [4.78, 5) is 41.2. The van der Waals surface area contributed by atoms with Crippen LogP contribution in [0.1, 0.15) is 46.6 Å². The molecule has 0 spiro atoms. The lowest BCUT2D eigenvalue weighted by Crippen LogP contribution is -2.47. The standard InChI is InChI=1S/C21H30N2O4/c1-6-27-20(26)15(2)22(13-16-10-8-7-9-11-16)19(25)17-12-18(24)23(14-17)21(3,4)5/h7-11,15,17H,6,12-14H2,1-5H3. The zero-order chi connectivity index (χ0) is 20.2. The molecule has 2 rings (SSSR count). The van der Waals surface area contributed by atoms with Crippen LogP contribution in [0.15, 0.2) is 30.3 Å². The molecule has 6 nitrogen and oxygen atoms in total. The molecule has 6 heteroatoms. The zero-order valence-corrected chi connectivity index (χ0v) is 16.9. The van der Waals surface area contributed by atoms with Crippen molar-refractivity contribution >= 4 is 17.8 Å². The van der Waals surface area contributed by atoms with E-state index in [0.29, 0.717) is 13.1 Å². The first-order valence-electron chi connectivity index (χ1n) is 9.46. The number of esters is 1. The van der Waals surface area contributed by atoms with Crippen LogP contribution in [0.3, 0.4) is 0 Å². The molecule has 0 aromatic heterocycles. The van der Waals surface area contributed by atoms with Crippen LogP contribution in [-0.4, -0.2) is 52.3 Å². The summed E-state index contributed by atoms with van der Waals surface area (Å²) >= 11 is 0. The van der Waals surface area contributed by atoms with Crippen LogP contribution in [0, 0.1) is 5.92 Å². The molecule has 2 amide bonds. The van der Waals surface area contributed by atoms with Crippen LogP contribution in [0.5, 0.6) is 0 Å². The number of carbonyl (C=O) groups is 3. The summed E-state index contributed by atoms with van der Waals surface area (Å²) in [6, 6.07) is 8.82. The molecule has 0 bridgehead atoms. The average molecular weight is 374 g/mol. The highest BCUT2D eigenvalue weighted by Gasteiger charge is 2.42. The molecule has 1 fully saturated rings. The van der Waals surface area contributed by atoms with Crippen LogP contribution in [0.4, 0.5) is 0 Å². The van der Waals surface area contributed by atoms with E-state index in [-0.39, 0.29) is 30.4 Å². The van der Waals surface area contributed by atoms with Crippen molar-refractivity contribution < 1.29 is 19.1 Å². The van der Waals surface area contributed by atoms with E-state index in [4.69, 9.17) is 4.74 Å². The van der Waals surface area contributed by atoms with Crippen molar-refractivity contribution in [3.8, 4) is 0 Å².